The Morgan fingerprint density at radius 2 is 2.00 bits per heavy atom. The zero-order valence-corrected chi connectivity index (χ0v) is 19.9. The summed E-state index contributed by atoms with van der Waals surface area (Å²) < 4.78 is 11.4. The van der Waals surface area contributed by atoms with Gasteiger partial charge in [-0.1, -0.05) is 60.6 Å². The standard InChI is InChI=1S/C24H24ClN3O4S/c1-3-11-32-21-15(8-6-10-18(21)31-2)16-12-19(29)26-22-20(16)23(30)28-24(27-22)33-13-14-7-4-5-9-17(14)25/h4-10,16H,3,11-13H2,1-2H3,(H2,26,27,28,29,30). The molecule has 2 N–H and O–H groups in total. The minimum absolute atomic E-state index is 0.111. The maximum atomic E-state index is 13.2. The molecule has 4 rings (SSSR count). The molecule has 1 aliphatic heterocycles. The average Bonchev–Trinajstić information content (AvgIpc) is 2.81. The third-order valence-electron chi connectivity index (χ3n) is 5.31. The van der Waals surface area contributed by atoms with Gasteiger partial charge < -0.3 is 19.8 Å². The van der Waals surface area contributed by atoms with Crippen molar-refractivity contribution in [1.29, 1.82) is 0 Å². The number of benzene rings is 2. The first-order chi connectivity index (χ1) is 16.0. The van der Waals surface area contributed by atoms with Crippen LogP contribution in [0.1, 0.15) is 42.4 Å². The van der Waals surface area contributed by atoms with Crippen LogP contribution < -0.4 is 20.3 Å². The first kappa shape index (κ1) is 23.2. The van der Waals surface area contributed by atoms with Gasteiger partial charge in [-0.05, 0) is 24.1 Å². The Balaban J connectivity index is 1.71. The van der Waals surface area contributed by atoms with Gasteiger partial charge in [-0.2, -0.15) is 0 Å². The molecule has 1 aliphatic rings. The number of carbonyl (C=O) groups is 1. The Labute approximate surface area is 200 Å². The number of amides is 1. The number of para-hydroxylation sites is 1. The predicted octanol–water partition coefficient (Wildman–Crippen LogP) is 4.99. The largest absolute Gasteiger partial charge is 0.493 e. The number of rotatable bonds is 8. The van der Waals surface area contributed by atoms with Crippen molar-refractivity contribution in [3.8, 4) is 11.5 Å². The van der Waals surface area contributed by atoms with E-state index in [-0.39, 0.29) is 23.7 Å². The lowest BCUT2D eigenvalue weighted by molar-refractivity contribution is -0.116. The lowest BCUT2D eigenvalue weighted by Crippen LogP contribution is -2.31. The SMILES string of the molecule is CCCOc1c(OC)cccc1C1CC(=O)Nc2nc(SCc3ccccc3Cl)[nH]c(=O)c21. The molecule has 0 radical (unpaired) electrons. The molecular weight excluding hydrogens is 462 g/mol. The molecule has 0 spiro atoms. The first-order valence-electron chi connectivity index (χ1n) is 10.6. The van der Waals surface area contributed by atoms with Crippen LogP contribution in [0.15, 0.2) is 52.4 Å². The molecule has 2 aromatic carbocycles. The van der Waals surface area contributed by atoms with Crippen LogP contribution in [0.5, 0.6) is 11.5 Å². The number of H-pyrrole nitrogens is 1. The topological polar surface area (TPSA) is 93.3 Å². The second kappa shape index (κ2) is 10.3. The summed E-state index contributed by atoms with van der Waals surface area (Å²) in [6.07, 6.45) is 0.924. The molecule has 1 amide bonds. The van der Waals surface area contributed by atoms with E-state index in [2.05, 4.69) is 15.3 Å². The van der Waals surface area contributed by atoms with Crippen LogP contribution >= 0.6 is 23.4 Å². The smallest absolute Gasteiger partial charge is 0.257 e. The second-order valence-electron chi connectivity index (χ2n) is 7.55. The second-order valence-corrected chi connectivity index (χ2v) is 8.92. The molecule has 0 saturated heterocycles. The van der Waals surface area contributed by atoms with E-state index in [0.29, 0.717) is 39.6 Å². The normalized spacial score (nSPS) is 15.0. The van der Waals surface area contributed by atoms with E-state index in [1.165, 1.54) is 11.8 Å². The summed E-state index contributed by atoms with van der Waals surface area (Å²) in [5.41, 5.74) is 1.77. The maximum absolute atomic E-state index is 13.2. The van der Waals surface area contributed by atoms with Gasteiger partial charge in [0.15, 0.2) is 16.7 Å². The number of aromatic nitrogens is 2. The van der Waals surface area contributed by atoms with E-state index >= 15 is 0 Å². The Bertz CT molecular complexity index is 1230. The van der Waals surface area contributed by atoms with Crippen molar-refractivity contribution in [2.45, 2.75) is 36.6 Å². The number of ether oxygens (including phenoxy) is 2. The van der Waals surface area contributed by atoms with E-state index in [0.717, 1.165) is 17.5 Å². The number of hydrogen-bond donors (Lipinski definition) is 2. The number of methoxy groups -OCH3 is 1. The predicted molar refractivity (Wildman–Crippen MR) is 130 cm³/mol. The molecule has 2 heterocycles. The van der Waals surface area contributed by atoms with Gasteiger partial charge in [-0.15, -0.1) is 0 Å². The van der Waals surface area contributed by atoms with Gasteiger partial charge in [0.25, 0.3) is 5.56 Å². The van der Waals surface area contributed by atoms with Gasteiger partial charge >= 0.3 is 0 Å². The summed E-state index contributed by atoms with van der Waals surface area (Å²) in [7, 11) is 1.57. The van der Waals surface area contributed by atoms with Gasteiger partial charge in [0.2, 0.25) is 5.91 Å². The monoisotopic (exact) mass is 485 g/mol. The number of nitrogens with zero attached hydrogens (tertiary/aromatic N) is 1. The summed E-state index contributed by atoms with van der Waals surface area (Å²) in [6.45, 7) is 2.50. The highest BCUT2D eigenvalue weighted by atomic mass is 35.5. The van der Waals surface area contributed by atoms with Crippen molar-refractivity contribution < 1.29 is 14.3 Å². The highest BCUT2D eigenvalue weighted by Gasteiger charge is 2.33. The van der Waals surface area contributed by atoms with Crippen molar-refractivity contribution in [3.63, 3.8) is 0 Å². The van der Waals surface area contributed by atoms with Crippen molar-refractivity contribution in [3.05, 3.63) is 74.5 Å². The zero-order valence-electron chi connectivity index (χ0n) is 18.3. The van der Waals surface area contributed by atoms with Crippen LogP contribution in [-0.2, 0) is 10.5 Å². The molecule has 0 saturated carbocycles. The first-order valence-corrected chi connectivity index (χ1v) is 12.0. The maximum Gasteiger partial charge on any atom is 0.257 e. The van der Waals surface area contributed by atoms with Crippen molar-refractivity contribution >= 4 is 35.1 Å². The fourth-order valence-corrected chi connectivity index (χ4v) is 4.92. The van der Waals surface area contributed by atoms with Gasteiger partial charge in [0.05, 0.1) is 19.3 Å². The Kier molecular flexibility index (Phi) is 7.25. The molecule has 172 valence electrons. The molecule has 0 fully saturated rings. The van der Waals surface area contributed by atoms with E-state index in [1.807, 2.05) is 43.3 Å². The molecule has 1 aromatic heterocycles. The molecule has 9 heteroatoms. The fraction of sp³-hybridized carbons (Fsp3) is 0.292. The number of fused-ring (bicyclic) bond motifs is 1. The zero-order chi connectivity index (χ0) is 23.4. The fourth-order valence-electron chi connectivity index (χ4n) is 3.77. The van der Waals surface area contributed by atoms with Gasteiger partial charge in [-0.3, -0.25) is 9.59 Å². The lowest BCUT2D eigenvalue weighted by Gasteiger charge is -2.26. The van der Waals surface area contributed by atoms with E-state index in [1.54, 1.807) is 13.2 Å². The molecular formula is C24H24ClN3O4S. The van der Waals surface area contributed by atoms with Crippen molar-refractivity contribution in [2.24, 2.45) is 0 Å². The third-order valence-corrected chi connectivity index (χ3v) is 6.60. The van der Waals surface area contributed by atoms with E-state index < -0.39 is 5.92 Å². The van der Waals surface area contributed by atoms with Gasteiger partial charge in [0, 0.05) is 28.7 Å². The summed E-state index contributed by atoms with van der Waals surface area (Å²) in [6, 6.07) is 13.0. The highest BCUT2D eigenvalue weighted by molar-refractivity contribution is 7.98. The number of aromatic amines is 1. The number of nitrogens with one attached hydrogen (secondary N) is 2. The molecule has 1 atom stereocenters. The number of halogens is 1. The molecule has 0 bridgehead atoms. The van der Waals surface area contributed by atoms with Crippen molar-refractivity contribution in [2.75, 3.05) is 19.0 Å². The van der Waals surface area contributed by atoms with Gasteiger partial charge in [-0.25, -0.2) is 4.98 Å². The molecule has 7 nitrogen and oxygen atoms in total. The van der Waals surface area contributed by atoms with Crippen LogP contribution in [0.25, 0.3) is 0 Å². The summed E-state index contributed by atoms with van der Waals surface area (Å²) >= 11 is 7.58. The number of thioether (sulfide) groups is 1. The van der Waals surface area contributed by atoms with Crippen LogP contribution in [0.2, 0.25) is 5.02 Å². The Morgan fingerprint density at radius 1 is 1.18 bits per heavy atom. The molecule has 0 aliphatic carbocycles. The summed E-state index contributed by atoms with van der Waals surface area (Å²) in [5.74, 6) is 1.19. The highest BCUT2D eigenvalue weighted by Crippen LogP contribution is 2.42. The van der Waals surface area contributed by atoms with Crippen LogP contribution in [0.3, 0.4) is 0 Å². The summed E-state index contributed by atoms with van der Waals surface area (Å²) in [5, 5.41) is 3.82. The molecule has 3 aromatic rings. The number of anilines is 1. The molecule has 1 unspecified atom stereocenters. The minimum Gasteiger partial charge on any atom is -0.493 e. The average molecular weight is 486 g/mol. The van der Waals surface area contributed by atoms with Crippen LogP contribution in [0, 0.1) is 0 Å². The quantitative estimate of drug-likeness (QED) is 0.345. The number of hydrogen-bond acceptors (Lipinski definition) is 6. The molecule has 33 heavy (non-hydrogen) atoms. The minimum atomic E-state index is -0.505. The third kappa shape index (κ3) is 5.02. The van der Waals surface area contributed by atoms with Crippen molar-refractivity contribution in [1.82, 2.24) is 9.97 Å². The van der Waals surface area contributed by atoms with E-state index in [9.17, 15) is 9.59 Å². The lowest BCUT2D eigenvalue weighted by atomic mass is 9.86. The van der Waals surface area contributed by atoms with Crippen LogP contribution in [-0.4, -0.2) is 29.6 Å². The summed E-state index contributed by atoms with van der Waals surface area (Å²) in [4.78, 5) is 33.2. The van der Waals surface area contributed by atoms with Crippen LogP contribution in [0.4, 0.5) is 5.82 Å². The van der Waals surface area contributed by atoms with Gasteiger partial charge in [0.1, 0.15) is 5.82 Å². The van der Waals surface area contributed by atoms with E-state index in [4.69, 9.17) is 21.1 Å². The Morgan fingerprint density at radius 3 is 2.76 bits per heavy atom. The Hall–Kier alpha value is -2.97. The number of carbonyl (C=O) groups excluding carboxylic acids is 1.